The summed E-state index contributed by atoms with van der Waals surface area (Å²) in [5.74, 6) is 0.313. The fourth-order valence-electron chi connectivity index (χ4n) is 2.28. The zero-order valence-electron chi connectivity index (χ0n) is 8.50. The summed E-state index contributed by atoms with van der Waals surface area (Å²) in [5, 5.41) is 24.7. The largest absolute Gasteiger partial charge is 0.508 e. The van der Waals surface area contributed by atoms with E-state index in [1.165, 1.54) is 6.07 Å². The Morgan fingerprint density at radius 3 is 2.94 bits per heavy atom. The van der Waals surface area contributed by atoms with Gasteiger partial charge < -0.3 is 20.1 Å². The van der Waals surface area contributed by atoms with Gasteiger partial charge in [-0.2, -0.15) is 0 Å². The number of nitrogens with zero attached hydrogens (tertiary/aromatic N) is 1. The van der Waals surface area contributed by atoms with Gasteiger partial charge in [-0.25, -0.2) is 0 Å². The standard InChI is InChI=1S/C11H11ClN2O2/c12-8-4-6(15)3-7-9-5-13-1-2-14(9)11(16)10(7)8/h3-4,13,15-16H,1-2,5H2. The number of nitrogens with one attached hydrogen (secondary N) is 1. The number of phenolic OH excluding ortho intramolecular Hbond substituents is 1. The van der Waals surface area contributed by atoms with Gasteiger partial charge in [-0.15, -0.1) is 0 Å². The smallest absolute Gasteiger partial charge is 0.200 e. The molecule has 1 aliphatic heterocycles. The summed E-state index contributed by atoms with van der Waals surface area (Å²) in [5.41, 5.74) is 0.969. The topological polar surface area (TPSA) is 57.4 Å². The van der Waals surface area contributed by atoms with E-state index < -0.39 is 0 Å². The predicted octanol–water partition coefficient (Wildman–Crippen LogP) is 1.81. The van der Waals surface area contributed by atoms with Gasteiger partial charge in [0.2, 0.25) is 5.88 Å². The molecule has 2 heterocycles. The minimum Gasteiger partial charge on any atom is -0.508 e. The Kier molecular flexibility index (Phi) is 2.02. The van der Waals surface area contributed by atoms with Crippen LogP contribution in [-0.2, 0) is 13.1 Å². The van der Waals surface area contributed by atoms with Crippen molar-refractivity contribution in [2.45, 2.75) is 13.1 Å². The van der Waals surface area contributed by atoms with Crippen LogP contribution in [0.3, 0.4) is 0 Å². The van der Waals surface area contributed by atoms with E-state index in [2.05, 4.69) is 5.32 Å². The Hall–Kier alpha value is -1.39. The van der Waals surface area contributed by atoms with Gasteiger partial charge in [-0.05, 0) is 12.1 Å². The van der Waals surface area contributed by atoms with Gasteiger partial charge in [0, 0.05) is 30.7 Å². The van der Waals surface area contributed by atoms with Crippen molar-refractivity contribution in [1.29, 1.82) is 0 Å². The van der Waals surface area contributed by atoms with Crippen molar-refractivity contribution in [1.82, 2.24) is 9.88 Å². The predicted molar refractivity (Wildman–Crippen MR) is 62.0 cm³/mol. The quantitative estimate of drug-likeness (QED) is 0.656. The highest BCUT2D eigenvalue weighted by Crippen LogP contribution is 2.39. The highest BCUT2D eigenvalue weighted by molar-refractivity contribution is 6.36. The molecule has 0 radical (unpaired) electrons. The van der Waals surface area contributed by atoms with E-state index in [1.54, 1.807) is 6.07 Å². The van der Waals surface area contributed by atoms with Gasteiger partial charge in [-0.3, -0.25) is 0 Å². The number of rotatable bonds is 0. The van der Waals surface area contributed by atoms with Crippen LogP contribution in [0.2, 0.25) is 5.02 Å². The number of fused-ring (bicyclic) bond motifs is 3. The highest BCUT2D eigenvalue weighted by Gasteiger charge is 2.21. The van der Waals surface area contributed by atoms with Crippen LogP contribution in [0.5, 0.6) is 11.6 Å². The molecule has 0 spiro atoms. The van der Waals surface area contributed by atoms with Gasteiger partial charge in [0.1, 0.15) is 5.75 Å². The summed E-state index contributed by atoms with van der Waals surface area (Å²) in [6.45, 7) is 2.22. The Labute approximate surface area is 97.1 Å². The molecule has 2 aromatic rings. The normalized spacial score (nSPS) is 15.3. The number of hydrogen-bond acceptors (Lipinski definition) is 3. The van der Waals surface area contributed by atoms with Crippen LogP contribution in [0.15, 0.2) is 12.1 Å². The summed E-state index contributed by atoms with van der Waals surface area (Å²) in [7, 11) is 0. The number of hydrogen-bond donors (Lipinski definition) is 3. The van der Waals surface area contributed by atoms with Crippen LogP contribution in [0, 0.1) is 0 Å². The van der Waals surface area contributed by atoms with E-state index in [0.29, 0.717) is 23.5 Å². The Morgan fingerprint density at radius 1 is 1.31 bits per heavy atom. The number of aromatic nitrogens is 1. The number of halogens is 1. The molecule has 4 nitrogen and oxygen atoms in total. The van der Waals surface area contributed by atoms with Crippen LogP contribution >= 0.6 is 11.6 Å². The third kappa shape index (κ3) is 1.20. The molecule has 5 heteroatoms. The van der Waals surface area contributed by atoms with E-state index in [1.807, 2.05) is 4.57 Å². The molecule has 0 aliphatic carbocycles. The summed E-state index contributed by atoms with van der Waals surface area (Å²) in [4.78, 5) is 0. The summed E-state index contributed by atoms with van der Waals surface area (Å²) >= 11 is 6.03. The molecular formula is C11H11ClN2O2. The molecule has 3 N–H and O–H groups in total. The van der Waals surface area contributed by atoms with Crippen LogP contribution in [0.25, 0.3) is 10.8 Å². The maximum absolute atomic E-state index is 10.1. The van der Waals surface area contributed by atoms with E-state index in [4.69, 9.17) is 11.6 Å². The number of phenols is 1. The van der Waals surface area contributed by atoms with Crippen molar-refractivity contribution >= 4 is 22.4 Å². The van der Waals surface area contributed by atoms with Crippen molar-refractivity contribution in [3.8, 4) is 11.6 Å². The molecule has 1 aromatic heterocycles. The first-order chi connectivity index (χ1) is 7.68. The molecule has 1 aromatic carbocycles. The third-order valence-electron chi connectivity index (χ3n) is 3.00. The van der Waals surface area contributed by atoms with Gasteiger partial charge in [-0.1, -0.05) is 11.6 Å². The fourth-order valence-corrected chi connectivity index (χ4v) is 2.58. The van der Waals surface area contributed by atoms with Crippen LogP contribution in [0.4, 0.5) is 0 Å². The van der Waals surface area contributed by atoms with E-state index in [9.17, 15) is 10.2 Å². The molecule has 0 atom stereocenters. The van der Waals surface area contributed by atoms with Crippen molar-refractivity contribution in [2.24, 2.45) is 0 Å². The van der Waals surface area contributed by atoms with E-state index in [-0.39, 0.29) is 11.6 Å². The molecule has 3 rings (SSSR count). The molecule has 1 aliphatic rings. The lowest BCUT2D eigenvalue weighted by Crippen LogP contribution is -2.27. The second kappa shape index (κ2) is 3.30. The molecule has 0 fully saturated rings. The lowest BCUT2D eigenvalue weighted by atomic mass is 10.1. The summed E-state index contributed by atoms with van der Waals surface area (Å²) in [6.07, 6.45) is 0. The maximum atomic E-state index is 10.1. The molecule has 0 amide bonds. The van der Waals surface area contributed by atoms with E-state index >= 15 is 0 Å². The molecule has 0 unspecified atom stereocenters. The number of benzene rings is 1. The van der Waals surface area contributed by atoms with Gasteiger partial charge in [0.25, 0.3) is 0 Å². The second-order valence-corrected chi connectivity index (χ2v) is 4.36. The SMILES string of the molecule is Oc1cc(Cl)c2c(O)n3c(c2c1)CNCC3. The molecule has 0 saturated heterocycles. The summed E-state index contributed by atoms with van der Waals surface area (Å²) in [6, 6.07) is 3.09. The average molecular weight is 239 g/mol. The van der Waals surface area contributed by atoms with Crippen molar-refractivity contribution in [3.05, 3.63) is 22.8 Å². The first kappa shape index (κ1) is 9.81. The molecular weight excluding hydrogens is 228 g/mol. The monoisotopic (exact) mass is 238 g/mol. The zero-order chi connectivity index (χ0) is 11.3. The third-order valence-corrected chi connectivity index (χ3v) is 3.29. The first-order valence-electron chi connectivity index (χ1n) is 5.11. The summed E-state index contributed by atoms with van der Waals surface area (Å²) < 4.78 is 1.84. The van der Waals surface area contributed by atoms with Gasteiger partial charge in [0.15, 0.2) is 0 Å². The fraction of sp³-hybridized carbons (Fsp3) is 0.273. The molecule has 0 bridgehead atoms. The second-order valence-electron chi connectivity index (χ2n) is 3.95. The van der Waals surface area contributed by atoms with Crippen LogP contribution in [0.1, 0.15) is 5.69 Å². The molecule has 84 valence electrons. The van der Waals surface area contributed by atoms with E-state index in [0.717, 1.165) is 17.6 Å². The first-order valence-corrected chi connectivity index (χ1v) is 5.49. The molecule has 16 heavy (non-hydrogen) atoms. The Morgan fingerprint density at radius 2 is 2.12 bits per heavy atom. The van der Waals surface area contributed by atoms with Crippen molar-refractivity contribution < 1.29 is 10.2 Å². The van der Waals surface area contributed by atoms with Crippen LogP contribution in [-0.4, -0.2) is 21.3 Å². The molecule has 0 saturated carbocycles. The zero-order valence-corrected chi connectivity index (χ0v) is 9.25. The lowest BCUT2D eigenvalue weighted by molar-refractivity contribution is 0.396. The Balaban J connectivity index is 2.44. The minimum atomic E-state index is 0.122. The van der Waals surface area contributed by atoms with Gasteiger partial charge in [0.05, 0.1) is 10.4 Å². The van der Waals surface area contributed by atoms with Crippen molar-refractivity contribution in [3.63, 3.8) is 0 Å². The van der Waals surface area contributed by atoms with Gasteiger partial charge >= 0.3 is 0 Å². The minimum absolute atomic E-state index is 0.122. The van der Waals surface area contributed by atoms with Crippen LogP contribution < -0.4 is 5.32 Å². The maximum Gasteiger partial charge on any atom is 0.200 e. The highest BCUT2D eigenvalue weighted by atomic mass is 35.5. The average Bonchev–Trinajstić information content (AvgIpc) is 2.54. The van der Waals surface area contributed by atoms with Crippen molar-refractivity contribution in [2.75, 3.05) is 6.54 Å². The number of aromatic hydroxyl groups is 2. The lowest BCUT2D eigenvalue weighted by Gasteiger charge is -2.17. The Bertz CT molecular complexity index is 577.